The van der Waals surface area contributed by atoms with Crippen LogP contribution in [0.4, 0.5) is 0 Å². The smallest absolute Gasteiger partial charge is 0.333 e. The predicted molar refractivity (Wildman–Crippen MR) is 48.7 cm³/mol. The number of aliphatic hydroxyl groups is 2. The SMILES string of the molecule is O=C(O)C(O)CCl.O=C(O)C(O)CCl. The first-order valence-corrected chi connectivity index (χ1v) is 4.37. The quantitative estimate of drug-likeness (QED) is 0.492. The van der Waals surface area contributed by atoms with Crippen molar-refractivity contribution < 1.29 is 30.0 Å². The second-order valence-corrected chi connectivity index (χ2v) is 2.63. The molecule has 4 N–H and O–H groups in total. The van der Waals surface area contributed by atoms with Gasteiger partial charge >= 0.3 is 11.9 Å². The number of hydrogen-bond acceptors (Lipinski definition) is 4. The minimum absolute atomic E-state index is 0.255. The van der Waals surface area contributed by atoms with E-state index >= 15 is 0 Å². The summed E-state index contributed by atoms with van der Waals surface area (Å²) in [5.74, 6) is -3.07. The number of carboxylic acids is 2. The highest BCUT2D eigenvalue weighted by Crippen LogP contribution is 1.85. The number of rotatable bonds is 4. The summed E-state index contributed by atoms with van der Waals surface area (Å²) in [6.45, 7) is 0. The van der Waals surface area contributed by atoms with Gasteiger partial charge in [-0.1, -0.05) is 0 Å². The van der Waals surface area contributed by atoms with Crippen LogP contribution in [-0.2, 0) is 9.59 Å². The molecule has 0 aliphatic heterocycles. The third-order valence-electron chi connectivity index (χ3n) is 0.862. The summed E-state index contributed by atoms with van der Waals surface area (Å²) < 4.78 is 0. The highest BCUT2D eigenvalue weighted by molar-refractivity contribution is 6.19. The molecule has 84 valence electrons. The van der Waals surface area contributed by atoms with Crippen LogP contribution in [0.15, 0.2) is 0 Å². The van der Waals surface area contributed by atoms with E-state index in [1.807, 2.05) is 0 Å². The van der Waals surface area contributed by atoms with Crippen molar-refractivity contribution in [3.8, 4) is 0 Å². The number of alkyl halides is 2. The Hall–Kier alpha value is -0.560. The van der Waals surface area contributed by atoms with Gasteiger partial charge < -0.3 is 20.4 Å². The first-order chi connectivity index (χ1) is 6.36. The Balaban J connectivity index is 0. The first-order valence-electron chi connectivity index (χ1n) is 3.30. The van der Waals surface area contributed by atoms with Crippen LogP contribution in [0.3, 0.4) is 0 Å². The molecule has 0 aromatic heterocycles. The molecule has 0 aliphatic rings. The molecule has 0 aromatic carbocycles. The first kappa shape index (κ1) is 15.9. The van der Waals surface area contributed by atoms with Gasteiger partial charge in [-0.15, -0.1) is 23.2 Å². The zero-order valence-corrected chi connectivity index (χ0v) is 8.44. The molecule has 0 rings (SSSR count). The highest BCUT2D eigenvalue weighted by atomic mass is 35.5. The van der Waals surface area contributed by atoms with Crippen LogP contribution < -0.4 is 0 Å². The van der Waals surface area contributed by atoms with Crippen molar-refractivity contribution in [1.82, 2.24) is 0 Å². The van der Waals surface area contributed by atoms with Crippen LogP contribution in [0.2, 0.25) is 0 Å². The summed E-state index contributed by atoms with van der Waals surface area (Å²) in [5, 5.41) is 32.1. The zero-order chi connectivity index (χ0) is 11.7. The maximum atomic E-state index is 9.60. The molecule has 2 atom stereocenters. The molecule has 0 amide bonds. The Morgan fingerprint density at radius 3 is 1.14 bits per heavy atom. The average molecular weight is 249 g/mol. The normalized spacial score (nSPS) is 13.4. The number of aliphatic carboxylic acids is 2. The zero-order valence-electron chi connectivity index (χ0n) is 6.93. The molecule has 0 heterocycles. The Labute approximate surface area is 89.7 Å². The van der Waals surface area contributed by atoms with E-state index < -0.39 is 24.1 Å². The number of aliphatic hydroxyl groups excluding tert-OH is 2. The minimum atomic E-state index is -1.42. The van der Waals surface area contributed by atoms with Gasteiger partial charge in [-0.3, -0.25) is 0 Å². The third kappa shape index (κ3) is 9.53. The summed E-state index contributed by atoms with van der Waals surface area (Å²) in [7, 11) is 0. The van der Waals surface area contributed by atoms with E-state index in [-0.39, 0.29) is 11.8 Å². The number of halogens is 2. The van der Waals surface area contributed by atoms with Gasteiger partial charge in [0.25, 0.3) is 0 Å². The number of carbonyl (C=O) groups is 2. The molecule has 0 saturated carbocycles. The summed E-state index contributed by atoms with van der Waals surface area (Å²) in [6.07, 6.45) is -2.83. The molecule has 8 heteroatoms. The van der Waals surface area contributed by atoms with Gasteiger partial charge in [-0.2, -0.15) is 0 Å². The van der Waals surface area contributed by atoms with Crippen LogP contribution in [0, 0.1) is 0 Å². The molecule has 2 unspecified atom stereocenters. The van der Waals surface area contributed by atoms with E-state index in [0.717, 1.165) is 0 Å². The van der Waals surface area contributed by atoms with Crippen molar-refractivity contribution in [2.45, 2.75) is 12.2 Å². The standard InChI is InChI=1S/2C3H5ClO3/c2*4-1-2(5)3(6)7/h2*2,5H,1H2,(H,6,7). The van der Waals surface area contributed by atoms with E-state index in [2.05, 4.69) is 0 Å². The van der Waals surface area contributed by atoms with Crippen LogP contribution in [-0.4, -0.2) is 56.3 Å². The maximum Gasteiger partial charge on any atom is 0.333 e. The van der Waals surface area contributed by atoms with E-state index in [1.165, 1.54) is 0 Å². The summed E-state index contributed by atoms with van der Waals surface area (Å²) >= 11 is 9.83. The van der Waals surface area contributed by atoms with Gasteiger partial charge in [0.2, 0.25) is 0 Å². The van der Waals surface area contributed by atoms with Gasteiger partial charge in [-0.05, 0) is 0 Å². The van der Waals surface area contributed by atoms with Gasteiger partial charge in [-0.25, -0.2) is 9.59 Å². The van der Waals surface area contributed by atoms with E-state index in [9.17, 15) is 9.59 Å². The molecule has 0 aliphatic carbocycles. The summed E-state index contributed by atoms with van der Waals surface area (Å²) in [6, 6.07) is 0. The van der Waals surface area contributed by atoms with Gasteiger partial charge in [0.05, 0.1) is 11.8 Å². The fourth-order valence-electron chi connectivity index (χ4n) is 0.132. The third-order valence-corrected chi connectivity index (χ3v) is 1.45. The van der Waals surface area contributed by atoms with Crippen LogP contribution >= 0.6 is 23.2 Å². The van der Waals surface area contributed by atoms with Gasteiger partial charge in [0.1, 0.15) is 0 Å². The van der Waals surface area contributed by atoms with Crippen molar-refractivity contribution in [3.63, 3.8) is 0 Å². The van der Waals surface area contributed by atoms with Crippen LogP contribution in [0.1, 0.15) is 0 Å². The second-order valence-electron chi connectivity index (χ2n) is 2.02. The molecule has 0 spiro atoms. The average Bonchev–Trinajstić information content (AvgIpc) is 2.15. The van der Waals surface area contributed by atoms with E-state index in [1.54, 1.807) is 0 Å². The summed E-state index contributed by atoms with van der Waals surface area (Å²) in [4.78, 5) is 19.2. The van der Waals surface area contributed by atoms with Gasteiger partial charge in [0.15, 0.2) is 12.2 Å². The molecular formula is C6H10Cl2O6. The number of carboxylic acid groups (broad SMARTS) is 2. The Morgan fingerprint density at radius 1 is 0.929 bits per heavy atom. The van der Waals surface area contributed by atoms with E-state index in [0.29, 0.717) is 0 Å². The lowest BCUT2D eigenvalue weighted by Crippen LogP contribution is -2.20. The number of hydrogen-bond donors (Lipinski definition) is 4. The monoisotopic (exact) mass is 248 g/mol. The molecule has 6 nitrogen and oxygen atoms in total. The Morgan fingerprint density at radius 2 is 1.14 bits per heavy atom. The lowest BCUT2D eigenvalue weighted by atomic mass is 10.4. The molecule has 0 bridgehead atoms. The summed E-state index contributed by atoms with van der Waals surface area (Å²) in [5.41, 5.74) is 0. The molecule has 0 radical (unpaired) electrons. The molecular weight excluding hydrogens is 239 g/mol. The minimum Gasteiger partial charge on any atom is -0.479 e. The van der Waals surface area contributed by atoms with Gasteiger partial charge in [0, 0.05) is 0 Å². The highest BCUT2D eigenvalue weighted by Gasteiger charge is 2.09. The van der Waals surface area contributed by atoms with E-state index in [4.69, 9.17) is 43.6 Å². The van der Waals surface area contributed by atoms with Crippen molar-refractivity contribution in [2.24, 2.45) is 0 Å². The van der Waals surface area contributed by atoms with Crippen LogP contribution in [0.5, 0.6) is 0 Å². The molecule has 14 heavy (non-hydrogen) atoms. The van der Waals surface area contributed by atoms with Crippen molar-refractivity contribution in [3.05, 3.63) is 0 Å². The second kappa shape index (κ2) is 9.01. The topological polar surface area (TPSA) is 115 Å². The fourth-order valence-corrected chi connectivity index (χ4v) is 0.396. The maximum absolute atomic E-state index is 9.60. The fraction of sp³-hybridized carbons (Fsp3) is 0.667. The van der Waals surface area contributed by atoms with Crippen molar-refractivity contribution in [2.75, 3.05) is 11.8 Å². The lowest BCUT2D eigenvalue weighted by Gasteiger charge is -1.94. The van der Waals surface area contributed by atoms with Crippen LogP contribution in [0.25, 0.3) is 0 Å². The van der Waals surface area contributed by atoms with Crippen molar-refractivity contribution in [1.29, 1.82) is 0 Å². The Bertz CT molecular complexity index is 165. The molecule has 0 aromatic rings. The lowest BCUT2D eigenvalue weighted by molar-refractivity contribution is -0.146. The molecule has 0 saturated heterocycles. The largest absolute Gasteiger partial charge is 0.479 e. The Kier molecular flexibility index (Phi) is 10.2. The predicted octanol–water partition coefficient (Wildman–Crippen LogP) is -0.659. The molecule has 0 fully saturated rings. The van der Waals surface area contributed by atoms with Crippen molar-refractivity contribution >= 4 is 35.1 Å².